The van der Waals surface area contributed by atoms with E-state index in [4.69, 9.17) is 14.2 Å². The third kappa shape index (κ3) is 4.72. The second-order valence-corrected chi connectivity index (χ2v) is 10.5. The van der Waals surface area contributed by atoms with Gasteiger partial charge in [-0.05, 0) is 60.6 Å². The molecule has 2 aromatic carbocycles. The number of methoxy groups -OCH3 is 3. The zero-order valence-electron chi connectivity index (χ0n) is 20.0. The molecule has 0 atom stereocenters. The number of fused-ring (bicyclic) bond motifs is 1. The summed E-state index contributed by atoms with van der Waals surface area (Å²) in [6, 6.07) is 9.15. The fourth-order valence-corrected chi connectivity index (χ4v) is 6.27. The van der Waals surface area contributed by atoms with Gasteiger partial charge in [-0.2, -0.15) is 4.31 Å². The van der Waals surface area contributed by atoms with E-state index in [-0.39, 0.29) is 5.91 Å². The Morgan fingerprint density at radius 3 is 2.26 bits per heavy atom. The molecule has 184 valence electrons. The number of sulfonamides is 1. The standard InChI is InChI=1S/C25H32N2O6S/c1-31-22-11-8-19(24(32-2)25(22)33-3)9-12-23(28)26-13-15-27(16-14-26)34(29,30)21-10-7-18-5-4-6-20(18)17-21/h7-8,10-11,17H,4-6,9,12-16H2,1-3H3. The van der Waals surface area contributed by atoms with Gasteiger partial charge in [0.15, 0.2) is 11.5 Å². The summed E-state index contributed by atoms with van der Waals surface area (Å²) < 4.78 is 44.0. The summed E-state index contributed by atoms with van der Waals surface area (Å²) in [6.45, 7) is 1.35. The minimum Gasteiger partial charge on any atom is -0.493 e. The van der Waals surface area contributed by atoms with E-state index in [1.807, 2.05) is 18.2 Å². The second-order valence-electron chi connectivity index (χ2n) is 8.56. The van der Waals surface area contributed by atoms with Crippen LogP contribution < -0.4 is 14.2 Å². The van der Waals surface area contributed by atoms with Crippen LogP contribution in [0, 0.1) is 0 Å². The molecule has 4 rings (SSSR count). The van der Waals surface area contributed by atoms with E-state index >= 15 is 0 Å². The smallest absolute Gasteiger partial charge is 0.243 e. The molecule has 0 bridgehead atoms. The van der Waals surface area contributed by atoms with Gasteiger partial charge in [0.1, 0.15) is 0 Å². The molecule has 1 aliphatic carbocycles. The van der Waals surface area contributed by atoms with Crippen LogP contribution in [0.2, 0.25) is 0 Å². The summed E-state index contributed by atoms with van der Waals surface area (Å²) in [5.41, 5.74) is 3.24. The molecule has 0 radical (unpaired) electrons. The van der Waals surface area contributed by atoms with E-state index < -0.39 is 10.0 Å². The fourth-order valence-electron chi connectivity index (χ4n) is 4.80. The average Bonchev–Trinajstić information content (AvgIpc) is 3.34. The topological polar surface area (TPSA) is 85.4 Å². The molecule has 0 N–H and O–H groups in total. The Balaban J connectivity index is 1.36. The van der Waals surface area contributed by atoms with E-state index in [9.17, 15) is 13.2 Å². The summed E-state index contributed by atoms with van der Waals surface area (Å²) in [4.78, 5) is 15.0. The highest BCUT2D eigenvalue weighted by Crippen LogP contribution is 2.40. The van der Waals surface area contributed by atoms with Gasteiger partial charge in [-0.1, -0.05) is 12.1 Å². The Morgan fingerprint density at radius 1 is 0.882 bits per heavy atom. The van der Waals surface area contributed by atoms with Crippen LogP contribution in [0.4, 0.5) is 0 Å². The summed E-state index contributed by atoms with van der Waals surface area (Å²) in [5.74, 6) is 1.61. The van der Waals surface area contributed by atoms with Gasteiger partial charge in [0.2, 0.25) is 21.7 Å². The van der Waals surface area contributed by atoms with E-state index in [0.29, 0.717) is 61.2 Å². The third-order valence-electron chi connectivity index (χ3n) is 6.69. The van der Waals surface area contributed by atoms with Crippen molar-refractivity contribution in [2.45, 2.75) is 37.0 Å². The van der Waals surface area contributed by atoms with Crippen LogP contribution in [0.25, 0.3) is 0 Å². The largest absolute Gasteiger partial charge is 0.493 e. The zero-order valence-corrected chi connectivity index (χ0v) is 20.8. The van der Waals surface area contributed by atoms with Crippen molar-refractivity contribution < 1.29 is 27.4 Å². The highest BCUT2D eigenvalue weighted by Gasteiger charge is 2.31. The van der Waals surface area contributed by atoms with Gasteiger partial charge < -0.3 is 19.1 Å². The van der Waals surface area contributed by atoms with Crippen molar-refractivity contribution in [2.24, 2.45) is 0 Å². The van der Waals surface area contributed by atoms with Crippen molar-refractivity contribution in [3.8, 4) is 17.2 Å². The van der Waals surface area contributed by atoms with E-state index in [1.54, 1.807) is 38.4 Å². The molecule has 0 aromatic heterocycles. The van der Waals surface area contributed by atoms with Crippen LogP contribution in [-0.2, 0) is 34.1 Å². The molecule has 0 unspecified atom stereocenters. The lowest BCUT2D eigenvalue weighted by Gasteiger charge is -2.34. The number of nitrogens with zero attached hydrogens (tertiary/aromatic N) is 2. The normalized spacial score (nSPS) is 16.3. The molecule has 2 aliphatic rings. The van der Waals surface area contributed by atoms with Gasteiger partial charge in [0.05, 0.1) is 26.2 Å². The number of benzene rings is 2. The molecule has 2 aromatic rings. The van der Waals surface area contributed by atoms with Crippen molar-refractivity contribution in [3.05, 3.63) is 47.0 Å². The van der Waals surface area contributed by atoms with Gasteiger partial charge in [-0.25, -0.2) is 8.42 Å². The summed E-state index contributed by atoms with van der Waals surface area (Å²) in [7, 11) is 1.11. The predicted octanol–water partition coefficient (Wildman–Crippen LogP) is 2.67. The summed E-state index contributed by atoms with van der Waals surface area (Å²) in [6.07, 6.45) is 3.81. The first kappa shape index (κ1) is 24.3. The summed E-state index contributed by atoms with van der Waals surface area (Å²) in [5, 5.41) is 0. The Morgan fingerprint density at radius 2 is 1.59 bits per heavy atom. The van der Waals surface area contributed by atoms with Crippen molar-refractivity contribution in [2.75, 3.05) is 47.5 Å². The van der Waals surface area contributed by atoms with Crippen molar-refractivity contribution in [1.29, 1.82) is 0 Å². The minimum atomic E-state index is -3.56. The number of piperazine rings is 1. The van der Waals surface area contributed by atoms with Gasteiger partial charge in [-0.15, -0.1) is 0 Å². The molecule has 9 heteroatoms. The molecule has 1 heterocycles. The predicted molar refractivity (Wildman–Crippen MR) is 128 cm³/mol. The minimum absolute atomic E-state index is 0.00795. The van der Waals surface area contributed by atoms with E-state index in [0.717, 1.165) is 30.4 Å². The first-order chi connectivity index (χ1) is 16.4. The maximum absolute atomic E-state index is 13.1. The van der Waals surface area contributed by atoms with Crippen LogP contribution in [0.15, 0.2) is 35.2 Å². The number of hydrogen-bond acceptors (Lipinski definition) is 6. The molecule has 1 aliphatic heterocycles. The molecule has 1 saturated heterocycles. The number of carbonyl (C=O) groups excluding carboxylic acids is 1. The second kappa shape index (κ2) is 10.2. The Bertz CT molecular complexity index is 1160. The highest BCUT2D eigenvalue weighted by molar-refractivity contribution is 7.89. The van der Waals surface area contributed by atoms with E-state index in [2.05, 4.69) is 0 Å². The lowest BCUT2D eigenvalue weighted by atomic mass is 10.1. The average molecular weight is 489 g/mol. The van der Waals surface area contributed by atoms with Crippen molar-refractivity contribution in [3.63, 3.8) is 0 Å². The van der Waals surface area contributed by atoms with Crippen molar-refractivity contribution in [1.82, 2.24) is 9.21 Å². The van der Waals surface area contributed by atoms with Crippen LogP contribution in [0.3, 0.4) is 0 Å². The lowest BCUT2D eigenvalue weighted by molar-refractivity contribution is -0.132. The van der Waals surface area contributed by atoms with Crippen LogP contribution in [0.5, 0.6) is 17.2 Å². The number of hydrogen-bond donors (Lipinski definition) is 0. The first-order valence-corrected chi connectivity index (χ1v) is 13.0. The van der Waals surface area contributed by atoms with Gasteiger partial charge >= 0.3 is 0 Å². The number of carbonyl (C=O) groups is 1. The molecule has 0 spiro atoms. The Kier molecular flexibility index (Phi) is 7.33. The molecular formula is C25H32N2O6S. The van der Waals surface area contributed by atoms with Crippen molar-refractivity contribution >= 4 is 15.9 Å². The number of amides is 1. The molecule has 34 heavy (non-hydrogen) atoms. The third-order valence-corrected chi connectivity index (χ3v) is 8.59. The molecule has 1 fully saturated rings. The zero-order chi connectivity index (χ0) is 24.3. The van der Waals surface area contributed by atoms with Gasteiger partial charge in [0, 0.05) is 32.6 Å². The number of aryl methyl sites for hydroxylation is 3. The van der Waals surface area contributed by atoms with Gasteiger partial charge in [-0.3, -0.25) is 4.79 Å². The van der Waals surface area contributed by atoms with Crippen LogP contribution >= 0.6 is 0 Å². The molecular weight excluding hydrogens is 456 g/mol. The van der Waals surface area contributed by atoms with E-state index in [1.165, 1.54) is 9.87 Å². The number of rotatable bonds is 8. The molecule has 1 amide bonds. The lowest BCUT2D eigenvalue weighted by Crippen LogP contribution is -2.50. The molecule has 0 saturated carbocycles. The molecule has 8 nitrogen and oxygen atoms in total. The fraction of sp³-hybridized carbons (Fsp3) is 0.480. The Labute approximate surface area is 201 Å². The summed E-state index contributed by atoms with van der Waals surface area (Å²) >= 11 is 0. The monoisotopic (exact) mass is 488 g/mol. The van der Waals surface area contributed by atoms with Gasteiger partial charge in [0.25, 0.3) is 0 Å². The quantitative estimate of drug-likeness (QED) is 0.568. The maximum atomic E-state index is 13.1. The van der Waals surface area contributed by atoms with Crippen LogP contribution in [0.1, 0.15) is 29.5 Å². The SMILES string of the molecule is COc1ccc(CCC(=O)N2CCN(S(=O)(=O)c3ccc4c(c3)CCC4)CC2)c(OC)c1OC. The number of ether oxygens (including phenoxy) is 3. The first-order valence-electron chi connectivity index (χ1n) is 11.6. The maximum Gasteiger partial charge on any atom is 0.243 e. The highest BCUT2D eigenvalue weighted by atomic mass is 32.2. The Hall–Kier alpha value is -2.78. The van der Waals surface area contributed by atoms with Crippen LogP contribution in [-0.4, -0.2) is 71.0 Å².